The van der Waals surface area contributed by atoms with Gasteiger partial charge < -0.3 is 5.32 Å². The third-order valence-electron chi connectivity index (χ3n) is 2.95. The Morgan fingerprint density at radius 1 is 1.11 bits per heavy atom. The van der Waals surface area contributed by atoms with Crippen LogP contribution in [-0.2, 0) is 6.42 Å². The molecule has 0 bridgehead atoms. The summed E-state index contributed by atoms with van der Waals surface area (Å²) in [7, 11) is 0. The Morgan fingerprint density at radius 3 is 2.58 bits per heavy atom. The summed E-state index contributed by atoms with van der Waals surface area (Å²) in [6.07, 6.45) is 6.77. The molecule has 1 rings (SSSR count). The molecule has 0 saturated heterocycles. The maximum absolute atomic E-state index is 3.46. The molecule has 0 atom stereocenters. The molecule has 19 heavy (non-hydrogen) atoms. The second kappa shape index (κ2) is 8.92. The first-order valence-corrected chi connectivity index (χ1v) is 7.54. The summed E-state index contributed by atoms with van der Waals surface area (Å²) in [5.74, 6) is 1.45. The molecule has 1 aromatic rings. The van der Waals surface area contributed by atoms with Crippen LogP contribution in [0.5, 0.6) is 0 Å². The van der Waals surface area contributed by atoms with Crippen molar-refractivity contribution in [2.24, 2.45) is 11.8 Å². The van der Waals surface area contributed by atoms with Gasteiger partial charge in [-0.2, -0.15) is 0 Å². The van der Waals surface area contributed by atoms with Crippen molar-refractivity contribution in [1.29, 1.82) is 0 Å². The molecule has 1 heteroatoms. The quantitative estimate of drug-likeness (QED) is 0.676. The van der Waals surface area contributed by atoms with E-state index in [4.69, 9.17) is 0 Å². The molecule has 0 radical (unpaired) electrons. The van der Waals surface area contributed by atoms with Gasteiger partial charge in [0.2, 0.25) is 0 Å². The lowest BCUT2D eigenvalue weighted by Crippen LogP contribution is -2.20. The second-order valence-corrected chi connectivity index (χ2v) is 6.13. The average molecular weight is 259 g/mol. The Hall–Kier alpha value is -1.08. The number of rotatable bonds is 8. The van der Waals surface area contributed by atoms with Crippen LogP contribution >= 0.6 is 0 Å². The van der Waals surface area contributed by atoms with Crippen molar-refractivity contribution in [2.45, 2.75) is 40.5 Å². The van der Waals surface area contributed by atoms with Crippen LogP contribution in [0, 0.1) is 11.8 Å². The van der Waals surface area contributed by atoms with Gasteiger partial charge in [-0.25, -0.2) is 0 Å². The predicted molar refractivity (Wildman–Crippen MR) is 86.3 cm³/mol. The van der Waals surface area contributed by atoms with Gasteiger partial charge in [-0.05, 0) is 48.9 Å². The van der Waals surface area contributed by atoms with Gasteiger partial charge in [0, 0.05) is 0 Å². The fourth-order valence-electron chi connectivity index (χ4n) is 2.09. The molecule has 0 aromatic heterocycles. The molecule has 106 valence electrons. The zero-order valence-electron chi connectivity index (χ0n) is 12.9. The molecule has 0 fully saturated rings. The van der Waals surface area contributed by atoms with Crippen molar-refractivity contribution >= 4 is 6.08 Å². The van der Waals surface area contributed by atoms with Gasteiger partial charge in [0.1, 0.15) is 0 Å². The van der Waals surface area contributed by atoms with E-state index < -0.39 is 0 Å². The Bertz CT molecular complexity index is 377. The summed E-state index contributed by atoms with van der Waals surface area (Å²) in [4.78, 5) is 0. The summed E-state index contributed by atoms with van der Waals surface area (Å²) in [5.41, 5.74) is 2.76. The monoisotopic (exact) mass is 259 g/mol. The maximum atomic E-state index is 3.46. The number of hydrogen-bond acceptors (Lipinski definition) is 1. The van der Waals surface area contributed by atoms with Gasteiger partial charge in [0.05, 0.1) is 0 Å². The van der Waals surface area contributed by atoms with E-state index in [-0.39, 0.29) is 0 Å². The Morgan fingerprint density at radius 2 is 1.89 bits per heavy atom. The first kappa shape index (κ1) is 16.0. The van der Waals surface area contributed by atoms with E-state index in [1.165, 1.54) is 11.1 Å². The van der Waals surface area contributed by atoms with E-state index in [0.29, 0.717) is 0 Å². The van der Waals surface area contributed by atoms with Crippen LogP contribution in [0.25, 0.3) is 6.08 Å². The van der Waals surface area contributed by atoms with Crippen molar-refractivity contribution in [3.05, 3.63) is 41.5 Å². The molecule has 0 aliphatic rings. The maximum Gasteiger partial charge on any atom is -0.00140 e. The molecule has 1 nitrogen and oxygen atoms in total. The van der Waals surface area contributed by atoms with E-state index in [2.05, 4.69) is 69.4 Å². The molecular weight excluding hydrogens is 230 g/mol. The predicted octanol–water partition coefficient (Wildman–Crippen LogP) is 4.53. The smallest absolute Gasteiger partial charge is 0.00140 e. The molecule has 0 spiro atoms. The van der Waals surface area contributed by atoms with Crippen molar-refractivity contribution in [1.82, 2.24) is 5.32 Å². The molecular formula is C18H29N. The minimum Gasteiger partial charge on any atom is -0.316 e. The molecule has 0 amide bonds. The van der Waals surface area contributed by atoms with Crippen LogP contribution in [0.3, 0.4) is 0 Å². The van der Waals surface area contributed by atoms with E-state index in [9.17, 15) is 0 Å². The molecule has 0 saturated carbocycles. The first-order chi connectivity index (χ1) is 9.08. The van der Waals surface area contributed by atoms with Gasteiger partial charge in [-0.3, -0.25) is 0 Å². The summed E-state index contributed by atoms with van der Waals surface area (Å²) >= 11 is 0. The van der Waals surface area contributed by atoms with Gasteiger partial charge in [0.15, 0.2) is 0 Å². The Kier molecular flexibility index (Phi) is 7.50. The summed E-state index contributed by atoms with van der Waals surface area (Å²) in [5, 5.41) is 3.46. The normalized spacial score (nSPS) is 11.9. The van der Waals surface area contributed by atoms with Gasteiger partial charge in [0.25, 0.3) is 0 Å². The van der Waals surface area contributed by atoms with Crippen LogP contribution in [0.1, 0.15) is 45.2 Å². The SMILES string of the molecule is CC(C)CNCC/C=C/c1cccc(CC(C)C)c1. The largest absolute Gasteiger partial charge is 0.316 e. The Balaban J connectivity index is 2.35. The van der Waals surface area contributed by atoms with Crippen molar-refractivity contribution in [3.63, 3.8) is 0 Å². The van der Waals surface area contributed by atoms with Crippen LogP contribution in [-0.4, -0.2) is 13.1 Å². The first-order valence-electron chi connectivity index (χ1n) is 7.54. The highest BCUT2D eigenvalue weighted by molar-refractivity contribution is 5.50. The molecule has 0 unspecified atom stereocenters. The third kappa shape index (κ3) is 7.84. The highest BCUT2D eigenvalue weighted by atomic mass is 14.8. The number of nitrogens with one attached hydrogen (secondary N) is 1. The minimum atomic E-state index is 0.722. The van der Waals surface area contributed by atoms with E-state index in [0.717, 1.165) is 37.8 Å². The standard InChI is InChI=1S/C18H29N/c1-15(2)12-18-10-7-9-17(13-18)8-5-6-11-19-14-16(3)4/h5,7-10,13,15-16,19H,6,11-12,14H2,1-4H3/b8-5+. The third-order valence-corrected chi connectivity index (χ3v) is 2.95. The zero-order chi connectivity index (χ0) is 14.1. The zero-order valence-corrected chi connectivity index (χ0v) is 12.9. The van der Waals surface area contributed by atoms with Crippen LogP contribution in [0.4, 0.5) is 0 Å². The van der Waals surface area contributed by atoms with Crippen molar-refractivity contribution in [3.8, 4) is 0 Å². The molecule has 1 N–H and O–H groups in total. The number of benzene rings is 1. The second-order valence-electron chi connectivity index (χ2n) is 6.13. The highest BCUT2D eigenvalue weighted by Gasteiger charge is 1.97. The molecule has 0 aliphatic heterocycles. The lowest BCUT2D eigenvalue weighted by molar-refractivity contribution is 0.557. The lowest BCUT2D eigenvalue weighted by Gasteiger charge is -2.06. The summed E-state index contributed by atoms with van der Waals surface area (Å²) < 4.78 is 0. The summed E-state index contributed by atoms with van der Waals surface area (Å²) in [6, 6.07) is 8.87. The fraction of sp³-hybridized carbons (Fsp3) is 0.556. The summed E-state index contributed by atoms with van der Waals surface area (Å²) in [6.45, 7) is 11.2. The lowest BCUT2D eigenvalue weighted by atomic mass is 10.0. The van der Waals surface area contributed by atoms with Gasteiger partial charge in [-0.15, -0.1) is 0 Å². The molecule has 0 aliphatic carbocycles. The van der Waals surface area contributed by atoms with Crippen LogP contribution in [0.2, 0.25) is 0 Å². The number of hydrogen-bond donors (Lipinski definition) is 1. The van der Waals surface area contributed by atoms with Crippen LogP contribution < -0.4 is 5.32 Å². The topological polar surface area (TPSA) is 12.0 Å². The van der Waals surface area contributed by atoms with E-state index >= 15 is 0 Å². The molecule has 0 heterocycles. The van der Waals surface area contributed by atoms with Gasteiger partial charge in [-0.1, -0.05) is 64.1 Å². The minimum absolute atomic E-state index is 0.722. The van der Waals surface area contributed by atoms with Crippen molar-refractivity contribution < 1.29 is 0 Å². The van der Waals surface area contributed by atoms with Crippen LogP contribution in [0.15, 0.2) is 30.3 Å². The van der Waals surface area contributed by atoms with Gasteiger partial charge >= 0.3 is 0 Å². The van der Waals surface area contributed by atoms with E-state index in [1.54, 1.807) is 0 Å². The molecule has 1 aromatic carbocycles. The Labute approximate surface area is 119 Å². The van der Waals surface area contributed by atoms with Crippen molar-refractivity contribution in [2.75, 3.05) is 13.1 Å². The van der Waals surface area contributed by atoms with E-state index in [1.807, 2.05) is 0 Å². The fourth-order valence-corrected chi connectivity index (χ4v) is 2.09. The average Bonchev–Trinajstić information content (AvgIpc) is 2.33. The highest BCUT2D eigenvalue weighted by Crippen LogP contribution is 2.11.